The van der Waals surface area contributed by atoms with Gasteiger partial charge in [0.1, 0.15) is 0 Å². The van der Waals surface area contributed by atoms with Gasteiger partial charge in [-0.1, -0.05) is 13.3 Å². The Balaban J connectivity index is -0.000000605. The fourth-order valence-corrected chi connectivity index (χ4v) is 1.17. The van der Waals surface area contributed by atoms with Crippen LogP contribution in [0.2, 0.25) is 0 Å². The van der Waals surface area contributed by atoms with Crippen LogP contribution in [0.15, 0.2) is 0 Å². The zero-order valence-electron chi connectivity index (χ0n) is 9.32. The number of hydrogen-bond acceptors (Lipinski definition) is 3. The van der Waals surface area contributed by atoms with Crippen LogP contribution in [0, 0.1) is 0 Å². The summed E-state index contributed by atoms with van der Waals surface area (Å²) < 4.78 is 33.9. The van der Waals surface area contributed by atoms with Gasteiger partial charge in [-0.25, -0.2) is 0 Å². The SMILES string of the molecule is CCCCOCCCS(=O)(=O)O.[H-].[Na+]. The van der Waals surface area contributed by atoms with E-state index in [1.165, 1.54) is 0 Å². The minimum Gasteiger partial charge on any atom is -1.00 e. The molecule has 0 aromatic carbocycles. The summed E-state index contributed by atoms with van der Waals surface area (Å²) in [5.41, 5.74) is 0. The summed E-state index contributed by atoms with van der Waals surface area (Å²) >= 11 is 0. The molecular weight excluding hydrogens is 203 g/mol. The van der Waals surface area contributed by atoms with Crippen LogP contribution in [-0.4, -0.2) is 31.9 Å². The maximum Gasteiger partial charge on any atom is 1.00 e. The van der Waals surface area contributed by atoms with Crippen molar-refractivity contribution in [3.05, 3.63) is 0 Å². The second-order valence-electron chi connectivity index (χ2n) is 2.61. The number of unbranched alkanes of at least 4 members (excludes halogenated alkanes) is 1. The van der Waals surface area contributed by atoms with Gasteiger partial charge in [-0.15, -0.1) is 0 Å². The van der Waals surface area contributed by atoms with Crippen LogP contribution in [0.1, 0.15) is 27.6 Å². The van der Waals surface area contributed by atoms with Gasteiger partial charge >= 0.3 is 29.6 Å². The molecule has 0 aliphatic carbocycles. The first-order valence-corrected chi connectivity index (χ1v) is 5.70. The number of ether oxygens (including phenoxy) is 1. The van der Waals surface area contributed by atoms with E-state index in [4.69, 9.17) is 9.29 Å². The normalized spacial score (nSPS) is 10.9. The van der Waals surface area contributed by atoms with E-state index in [-0.39, 0.29) is 36.7 Å². The van der Waals surface area contributed by atoms with E-state index in [2.05, 4.69) is 6.92 Å². The Hall–Kier alpha value is 0.870. The van der Waals surface area contributed by atoms with Gasteiger partial charge in [0.2, 0.25) is 0 Å². The fraction of sp³-hybridized carbons (Fsp3) is 1.00. The van der Waals surface area contributed by atoms with Crippen molar-refractivity contribution in [3.8, 4) is 0 Å². The average molecular weight is 220 g/mol. The number of hydrogen-bond donors (Lipinski definition) is 1. The Kier molecular flexibility index (Phi) is 11.8. The predicted octanol–water partition coefficient (Wildman–Crippen LogP) is -1.80. The molecule has 0 saturated carbocycles. The summed E-state index contributed by atoms with van der Waals surface area (Å²) in [5, 5.41) is 0. The molecule has 0 aromatic rings. The van der Waals surface area contributed by atoms with Gasteiger partial charge in [-0.3, -0.25) is 4.55 Å². The molecule has 0 unspecified atom stereocenters. The fourth-order valence-electron chi connectivity index (χ4n) is 0.692. The molecule has 0 spiro atoms. The van der Waals surface area contributed by atoms with Crippen LogP contribution >= 0.6 is 0 Å². The van der Waals surface area contributed by atoms with E-state index < -0.39 is 10.1 Å². The predicted molar refractivity (Wildman–Crippen MR) is 47.9 cm³/mol. The van der Waals surface area contributed by atoms with Gasteiger partial charge < -0.3 is 6.16 Å². The number of rotatable bonds is 7. The zero-order valence-corrected chi connectivity index (χ0v) is 11.1. The standard InChI is InChI=1S/C7H16O4S.Na.H/c1-2-3-5-11-6-4-7-12(8,9)10;;/h2-7H2,1H3,(H,8,9,10);;/q;+1;-1. The zero-order chi connectivity index (χ0) is 9.45. The molecule has 0 aliphatic heterocycles. The monoisotopic (exact) mass is 220 g/mol. The quantitative estimate of drug-likeness (QED) is 0.312. The van der Waals surface area contributed by atoms with E-state index in [0.717, 1.165) is 12.8 Å². The van der Waals surface area contributed by atoms with E-state index in [0.29, 0.717) is 19.6 Å². The van der Waals surface area contributed by atoms with Gasteiger partial charge in [-0.2, -0.15) is 8.42 Å². The van der Waals surface area contributed by atoms with Crippen LogP contribution in [0.5, 0.6) is 0 Å². The molecule has 13 heavy (non-hydrogen) atoms. The first-order chi connectivity index (χ1) is 5.56. The first kappa shape index (κ1) is 16.3. The van der Waals surface area contributed by atoms with Gasteiger partial charge in [0.15, 0.2) is 0 Å². The van der Waals surface area contributed by atoms with Crippen molar-refractivity contribution in [2.24, 2.45) is 0 Å². The van der Waals surface area contributed by atoms with Crippen molar-refractivity contribution in [1.29, 1.82) is 0 Å². The van der Waals surface area contributed by atoms with Gasteiger partial charge in [-0.05, 0) is 12.8 Å². The summed E-state index contributed by atoms with van der Waals surface area (Å²) in [5.74, 6) is -0.209. The third kappa shape index (κ3) is 15.6. The summed E-state index contributed by atoms with van der Waals surface area (Å²) in [6.45, 7) is 3.13. The molecule has 0 bridgehead atoms. The minimum atomic E-state index is -3.80. The molecule has 0 heterocycles. The molecule has 0 rings (SSSR count). The molecule has 1 N–H and O–H groups in total. The summed E-state index contributed by atoms with van der Waals surface area (Å²) in [7, 11) is -3.80. The molecule has 76 valence electrons. The van der Waals surface area contributed by atoms with Crippen molar-refractivity contribution in [1.82, 2.24) is 0 Å². The second-order valence-corrected chi connectivity index (χ2v) is 4.18. The molecule has 0 amide bonds. The Morgan fingerprint density at radius 2 is 1.85 bits per heavy atom. The third-order valence-corrected chi connectivity index (χ3v) is 2.14. The molecule has 4 nitrogen and oxygen atoms in total. The smallest absolute Gasteiger partial charge is 1.00 e. The van der Waals surface area contributed by atoms with E-state index in [1.807, 2.05) is 0 Å². The van der Waals surface area contributed by atoms with Crippen LogP contribution in [0.4, 0.5) is 0 Å². The largest absolute Gasteiger partial charge is 1.00 e. The molecule has 0 saturated heterocycles. The van der Waals surface area contributed by atoms with Crippen LogP contribution in [0.3, 0.4) is 0 Å². The first-order valence-electron chi connectivity index (χ1n) is 4.09. The molecule has 0 aromatic heterocycles. The van der Waals surface area contributed by atoms with Crippen molar-refractivity contribution < 1.29 is 48.7 Å². The van der Waals surface area contributed by atoms with Crippen molar-refractivity contribution >= 4 is 10.1 Å². The third-order valence-electron chi connectivity index (χ3n) is 1.33. The van der Waals surface area contributed by atoms with E-state index in [9.17, 15) is 8.42 Å². The molecule has 0 fully saturated rings. The Morgan fingerprint density at radius 3 is 2.31 bits per heavy atom. The Labute approximate surface area is 104 Å². The van der Waals surface area contributed by atoms with Crippen molar-refractivity contribution in [2.45, 2.75) is 26.2 Å². The summed E-state index contributed by atoms with van der Waals surface area (Å²) in [6.07, 6.45) is 2.42. The molecule has 0 atom stereocenters. The maximum atomic E-state index is 10.2. The summed E-state index contributed by atoms with van der Waals surface area (Å²) in [4.78, 5) is 0. The van der Waals surface area contributed by atoms with Crippen LogP contribution < -0.4 is 29.6 Å². The Morgan fingerprint density at radius 1 is 1.31 bits per heavy atom. The average Bonchev–Trinajstić information content (AvgIpc) is 1.94. The Bertz CT molecular complexity index is 196. The second kappa shape index (κ2) is 9.43. The molecule has 0 aliphatic rings. The molecule has 6 heteroatoms. The van der Waals surface area contributed by atoms with E-state index >= 15 is 0 Å². The van der Waals surface area contributed by atoms with Gasteiger partial charge in [0.25, 0.3) is 10.1 Å². The topological polar surface area (TPSA) is 63.6 Å². The van der Waals surface area contributed by atoms with Gasteiger partial charge in [0, 0.05) is 13.2 Å². The molecule has 0 radical (unpaired) electrons. The maximum absolute atomic E-state index is 10.2. The van der Waals surface area contributed by atoms with Gasteiger partial charge in [0.05, 0.1) is 5.75 Å². The summed E-state index contributed by atoms with van der Waals surface area (Å²) in [6, 6.07) is 0. The van der Waals surface area contributed by atoms with E-state index in [1.54, 1.807) is 0 Å². The van der Waals surface area contributed by atoms with Crippen molar-refractivity contribution in [3.63, 3.8) is 0 Å². The van der Waals surface area contributed by atoms with Crippen molar-refractivity contribution in [2.75, 3.05) is 19.0 Å². The van der Waals surface area contributed by atoms with Crippen LogP contribution in [-0.2, 0) is 14.9 Å². The molecular formula is C7H17NaO4S. The van der Waals surface area contributed by atoms with Crippen LogP contribution in [0.25, 0.3) is 0 Å². The minimum absolute atomic E-state index is 0.